The molecule has 1 saturated heterocycles. The van der Waals surface area contributed by atoms with E-state index in [-0.39, 0.29) is 16.8 Å². The van der Waals surface area contributed by atoms with Gasteiger partial charge in [0.25, 0.3) is 5.56 Å². The number of nitrogens with one attached hydrogen (secondary N) is 2. The van der Waals surface area contributed by atoms with Gasteiger partial charge >= 0.3 is 0 Å². The van der Waals surface area contributed by atoms with Crippen LogP contribution in [-0.4, -0.2) is 32.6 Å². The molecule has 1 aromatic carbocycles. The van der Waals surface area contributed by atoms with E-state index in [1.807, 2.05) is 19.1 Å². The molecule has 2 N–H and O–H groups in total. The molecule has 0 radical (unpaired) electrons. The van der Waals surface area contributed by atoms with Gasteiger partial charge in [-0.3, -0.25) is 14.3 Å². The van der Waals surface area contributed by atoms with E-state index in [4.69, 9.17) is 0 Å². The molecule has 1 saturated carbocycles. The minimum absolute atomic E-state index is 0.0731. The molecule has 6 rings (SSSR count). The van der Waals surface area contributed by atoms with Gasteiger partial charge in [-0.05, 0) is 86.4 Å². The van der Waals surface area contributed by atoms with Crippen LogP contribution in [0.1, 0.15) is 55.6 Å². The van der Waals surface area contributed by atoms with E-state index >= 15 is 0 Å². The molecule has 0 bridgehead atoms. The molecule has 1 aliphatic heterocycles. The van der Waals surface area contributed by atoms with Crippen LogP contribution in [0, 0.1) is 5.82 Å². The first-order chi connectivity index (χ1) is 17.6. The summed E-state index contributed by atoms with van der Waals surface area (Å²) in [6.07, 6.45) is 7.89. The zero-order chi connectivity index (χ0) is 24.6. The summed E-state index contributed by atoms with van der Waals surface area (Å²) in [5, 5.41) is 7.37. The van der Waals surface area contributed by atoms with Gasteiger partial charge in [0.2, 0.25) is 5.95 Å². The highest BCUT2D eigenvalue weighted by Crippen LogP contribution is 2.40. The van der Waals surface area contributed by atoms with Crippen LogP contribution in [0.3, 0.4) is 0 Å². The van der Waals surface area contributed by atoms with Crippen molar-refractivity contribution >= 4 is 22.7 Å². The summed E-state index contributed by atoms with van der Waals surface area (Å²) < 4.78 is 16.5. The molecule has 3 aromatic heterocycles. The highest BCUT2D eigenvalue weighted by Gasteiger charge is 2.26. The Morgan fingerprint density at radius 2 is 1.89 bits per heavy atom. The van der Waals surface area contributed by atoms with Crippen LogP contribution < -0.4 is 16.2 Å². The lowest BCUT2D eigenvalue weighted by Crippen LogP contribution is -2.28. The number of benzene rings is 1. The predicted molar refractivity (Wildman–Crippen MR) is 139 cm³/mol. The van der Waals surface area contributed by atoms with Crippen molar-refractivity contribution in [2.45, 2.75) is 51.0 Å². The van der Waals surface area contributed by atoms with Gasteiger partial charge in [-0.2, -0.15) is 4.98 Å². The van der Waals surface area contributed by atoms with Crippen molar-refractivity contribution < 1.29 is 4.39 Å². The summed E-state index contributed by atoms with van der Waals surface area (Å²) in [5.41, 5.74) is 3.59. The van der Waals surface area contributed by atoms with Crippen molar-refractivity contribution in [2.24, 2.45) is 0 Å². The Morgan fingerprint density at radius 3 is 2.58 bits per heavy atom. The third-order valence-corrected chi connectivity index (χ3v) is 7.24. The van der Waals surface area contributed by atoms with Crippen LogP contribution >= 0.6 is 0 Å². The molecule has 7 nitrogen and oxygen atoms in total. The second-order valence-corrected chi connectivity index (χ2v) is 9.74. The van der Waals surface area contributed by atoms with Crippen molar-refractivity contribution in [2.75, 3.05) is 18.4 Å². The van der Waals surface area contributed by atoms with Crippen molar-refractivity contribution in [1.82, 2.24) is 24.8 Å². The third-order valence-electron chi connectivity index (χ3n) is 7.24. The molecule has 4 heterocycles. The van der Waals surface area contributed by atoms with E-state index in [0.29, 0.717) is 35.4 Å². The smallest absolute Gasteiger partial charge is 0.261 e. The number of anilines is 2. The average Bonchev–Trinajstić information content (AvgIpc) is 3.75. The first-order valence-electron chi connectivity index (χ1n) is 12.7. The lowest BCUT2D eigenvalue weighted by Gasteiger charge is -2.23. The Bertz CT molecular complexity index is 1470. The fourth-order valence-corrected chi connectivity index (χ4v) is 5.08. The zero-order valence-electron chi connectivity index (χ0n) is 20.3. The fourth-order valence-electron chi connectivity index (χ4n) is 5.08. The third kappa shape index (κ3) is 4.37. The van der Waals surface area contributed by atoms with Crippen LogP contribution in [0.5, 0.6) is 0 Å². The summed E-state index contributed by atoms with van der Waals surface area (Å²) in [6, 6.07) is 11.5. The molecule has 1 unspecified atom stereocenters. The molecule has 36 heavy (non-hydrogen) atoms. The summed E-state index contributed by atoms with van der Waals surface area (Å²) >= 11 is 0. The van der Waals surface area contributed by atoms with E-state index in [9.17, 15) is 9.18 Å². The molecule has 2 fully saturated rings. The molecule has 2 aliphatic rings. The zero-order valence-corrected chi connectivity index (χ0v) is 20.3. The van der Waals surface area contributed by atoms with E-state index in [1.165, 1.54) is 24.5 Å². The normalized spacial score (nSPS) is 17.9. The summed E-state index contributed by atoms with van der Waals surface area (Å²) in [4.78, 5) is 26.7. The molecule has 0 amide bonds. The molecule has 1 aliphatic carbocycles. The van der Waals surface area contributed by atoms with E-state index in [0.717, 1.165) is 37.2 Å². The summed E-state index contributed by atoms with van der Waals surface area (Å²) in [6.45, 7) is 4.38. The van der Waals surface area contributed by atoms with Crippen molar-refractivity contribution in [3.63, 3.8) is 0 Å². The van der Waals surface area contributed by atoms with Gasteiger partial charge in [-0.1, -0.05) is 12.1 Å². The van der Waals surface area contributed by atoms with Crippen LogP contribution in [0.25, 0.3) is 22.3 Å². The number of aryl methyl sites for hydroxylation is 1. The number of fused-ring (bicyclic) bond motifs is 1. The standard InChI is InChI=1S/C28H29FN6O/c1-2-35-26-21(12-23(27(35)36)25-24(29)13-20(15-31-25)18-5-6-18)16-32-28(34-26)33-22-9-7-17(8-10-22)19-4-3-11-30-14-19/h7-10,12-13,15-16,18-19,30H,2-6,11,14H2,1H3,(H,32,33,34). The first kappa shape index (κ1) is 22.8. The first-order valence-corrected chi connectivity index (χ1v) is 12.7. The van der Waals surface area contributed by atoms with Crippen LogP contribution in [0.4, 0.5) is 16.0 Å². The topological polar surface area (TPSA) is 84.7 Å². The van der Waals surface area contributed by atoms with E-state index < -0.39 is 5.82 Å². The Labute approximate surface area is 208 Å². The second kappa shape index (κ2) is 9.43. The van der Waals surface area contributed by atoms with Gasteiger partial charge in [-0.25, -0.2) is 9.37 Å². The second-order valence-electron chi connectivity index (χ2n) is 9.74. The van der Waals surface area contributed by atoms with Gasteiger partial charge in [0.15, 0.2) is 0 Å². The number of piperidine rings is 1. The number of nitrogens with zero attached hydrogens (tertiary/aromatic N) is 4. The van der Waals surface area contributed by atoms with Gasteiger partial charge < -0.3 is 10.6 Å². The van der Waals surface area contributed by atoms with Crippen LogP contribution in [-0.2, 0) is 6.54 Å². The summed E-state index contributed by atoms with van der Waals surface area (Å²) in [7, 11) is 0. The number of hydrogen-bond acceptors (Lipinski definition) is 6. The van der Waals surface area contributed by atoms with Crippen molar-refractivity contribution in [3.05, 3.63) is 76.1 Å². The largest absolute Gasteiger partial charge is 0.324 e. The Hall–Kier alpha value is -3.65. The molecule has 1 atom stereocenters. The molecule has 184 valence electrons. The lowest BCUT2D eigenvalue weighted by molar-refractivity contribution is 0.461. The SMILES string of the molecule is CCn1c(=O)c(-c2ncc(C3CC3)cc2F)cc2cnc(Nc3ccc(C4CCCNC4)cc3)nc21. The Balaban J connectivity index is 1.30. The number of aromatic nitrogens is 4. The highest BCUT2D eigenvalue weighted by molar-refractivity contribution is 5.81. The Kier molecular flexibility index (Phi) is 5.97. The highest BCUT2D eigenvalue weighted by atomic mass is 19.1. The average molecular weight is 485 g/mol. The Morgan fingerprint density at radius 1 is 1.06 bits per heavy atom. The maximum Gasteiger partial charge on any atom is 0.261 e. The molecule has 0 spiro atoms. The number of halogens is 1. The molecular weight excluding hydrogens is 455 g/mol. The molecule has 4 aromatic rings. The lowest BCUT2D eigenvalue weighted by atomic mass is 9.92. The maximum atomic E-state index is 14.9. The maximum absolute atomic E-state index is 14.9. The predicted octanol–water partition coefficient (Wildman–Crippen LogP) is 5.10. The number of pyridine rings is 2. The molecule has 8 heteroatoms. The summed E-state index contributed by atoms with van der Waals surface area (Å²) in [5.74, 6) is 0.874. The van der Waals surface area contributed by atoms with E-state index in [2.05, 4.69) is 37.7 Å². The van der Waals surface area contributed by atoms with Crippen molar-refractivity contribution in [1.29, 1.82) is 0 Å². The van der Waals surface area contributed by atoms with Gasteiger partial charge in [0, 0.05) is 36.6 Å². The minimum Gasteiger partial charge on any atom is -0.324 e. The fraction of sp³-hybridized carbons (Fsp3) is 0.357. The van der Waals surface area contributed by atoms with Gasteiger partial charge in [0.1, 0.15) is 17.2 Å². The van der Waals surface area contributed by atoms with Gasteiger partial charge in [-0.15, -0.1) is 0 Å². The minimum atomic E-state index is -0.467. The quantitative estimate of drug-likeness (QED) is 0.396. The van der Waals surface area contributed by atoms with Crippen LogP contribution in [0.2, 0.25) is 0 Å². The van der Waals surface area contributed by atoms with Crippen LogP contribution in [0.15, 0.2) is 53.6 Å². The van der Waals surface area contributed by atoms with E-state index in [1.54, 1.807) is 23.0 Å². The number of rotatable bonds is 6. The number of hydrogen-bond donors (Lipinski definition) is 2. The van der Waals surface area contributed by atoms with Gasteiger partial charge in [0.05, 0.1) is 5.56 Å². The van der Waals surface area contributed by atoms with Crippen molar-refractivity contribution in [3.8, 4) is 11.3 Å². The molecular formula is C28H29FN6O. The monoisotopic (exact) mass is 484 g/mol.